The van der Waals surface area contributed by atoms with Gasteiger partial charge in [0.2, 0.25) is 0 Å². The SMILES string of the molecule is C/C(=N\NC(=O)c1ccc(N(C)C)cc1)C12CC3CC(CC(C3)C1)C2. The summed E-state index contributed by atoms with van der Waals surface area (Å²) in [5, 5.41) is 4.55. The fraction of sp³-hybridized carbons (Fsp3) is 0.619. The van der Waals surface area contributed by atoms with Gasteiger partial charge in [0.25, 0.3) is 5.91 Å². The van der Waals surface area contributed by atoms with E-state index in [9.17, 15) is 4.79 Å². The maximum Gasteiger partial charge on any atom is 0.271 e. The van der Waals surface area contributed by atoms with Crippen LogP contribution in [0.25, 0.3) is 0 Å². The topological polar surface area (TPSA) is 44.7 Å². The lowest BCUT2D eigenvalue weighted by Crippen LogP contribution is -2.49. The molecular formula is C21H29N3O. The number of nitrogens with one attached hydrogen (secondary N) is 1. The predicted molar refractivity (Wildman–Crippen MR) is 102 cm³/mol. The van der Waals surface area contributed by atoms with Gasteiger partial charge in [-0.25, -0.2) is 5.43 Å². The van der Waals surface area contributed by atoms with Crippen molar-refractivity contribution in [2.45, 2.75) is 45.4 Å². The van der Waals surface area contributed by atoms with Gasteiger partial charge in [-0.2, -0.15) is 5.10 Å². The lowest BCUT2D eigenvalue weighted by molar-refractivity contribution is -0.0128. The van der Waals surface area contributed by atoms with Crippen molar-refractivity contribution in [2.75, 3.05) is 19.0 Å². The summed E-state index contributed by atoms with van der Waals surface area (Å²) in [6.07, 6.45) is 8.12. The molecule has 4 aliphatic rings. The molecule has 4 fully saturated rings. The van der Waals surface area contributed by atoms with Crippen molar-refractivity contribution in [1.82, 2.24) is 5.43 Å². The number of hydrazone groups is 1. The third-order valence-corrected chi connectivity index (χ3v) is 6.78. The second-order valence-corrected chi connectivity index (χ2v) is 8.78. The molecule has 0 spiro atoms. The van der Waals surface area contributed by atoms with E-state index in [4.69, 9.17) is 0 Å². The first-order valence-electron chi connectivity index (χ1n) is 9.58. The minimum Gasteiger partial charge on any atom is -0.378 e. The van der Waals surface area contributed by atoms with Crippen LogP contribution in [0.4, 0.5) is 5.69 Å². The molecule has 0 unspecified atom stereocenters. The highest BCUT2D eigenvalue weighted by atomic mass is 16.2. The summed E-state index contributed by atoms with van der Waals surface area (Å²) < 4.78 is 0. The summed E-state index contributed by atoms with van der Waals surface area (Å²) in [7, 11) is 3.99. The monoisotopic (exact) mass is 339 g/mol. The zero-order valence-corrected chi connectivity index (χ0v) is 15.6. The molecule has 4 heteroatoms. The summed E-state index contributed by atoms with van der Waals surface area (Å²) in [5.41, 5.74) is 5.96. The molecule has 0 heterocycles. The van der Waals surface area contributed by atoms with Gasteiger partial charge in [-0.3, -0.25) is 4.79 Å². The second kappa shape index (κ2) is 6.15. The van der Waals surface area contributed by atoms with Crippen LogP contribution in [-0.4, -0.2) is 25.7 Å². The first kappa shape index (κ1) is 16.6. The Bertz CT molecular complexity index is 654. The Morgan fingerprint density at radius 1 is 1.04 bits per heavy atom. The van der Waals surface area contributed by atoms with E-state index in [2.05, 4.69) is 17.5 Å². The highest BCUT2D eigenvalue weighted by Crippen LogP contribution is 2.60. The summed E-state index contributed by atoms with van der Waals surface area (Å²) >= 11 is 0. The molecule has 0 radical (unpaired) electrons. The molecule has 0 saturated heterocycles. The zero-order valence-electron chi connectivity index (χ0n) is 15.6. The standard InChI is InChI=1S/C21H29N3O/c1-14(21-11-15-8-16(12-21)10-17(9-15)13-21)22-23-20(25)18-4-6-19(7-5-18)24(2)3/h4-7,15-17H,8-13H2,1-3H3,(H,23,25)/b22-14+. The minimum atomic E-state index is -0.116. The predicted octanol–water partition coefficient (Wildman–Crippen LogP) is 4.07. The van der Waals surface area contributed by atoms with E-state index in [0.717, 1.165) is 29.2 Å². The van der Waals surface area contributed by atoms with Crippen molar-refractivity contribution in [3.05, 3.63) is 29.8 Å². The Kier molecular flexibility index (Phi) is 4.09. The third-order valence-electron chi connectivity index (χ3n) is 6.78. The van der Waals surface area contributed by atoms with Gasteiger partial charge >= 0.3 is 0 Å². The van der Waals surface area contributed by atoms with Crippen molar-refractivity contribution >= 4 is 17.3 Å². The molecule has 134 valence electrons. The van der Waals surface area contributed by atoms with Gasteiger partial charge in [0, 0.05) is 36.5 Å². The number of amides is 1. The number of carbonyl (C=O) groups excluding carboxylic acids is 1. The van der Waals surface area contributed by atoms with Crippen molar-refractivity contribution in [3.63, 3.8) is 0 Å². The number of anilines is 1. The van der Waals surface area contributed by atoms with E-state index in [1.54, 1.807) is 0 Å². The van der Waals surface area contributed by atoms with Crippen LogP contribution in [0.2, 0.25) is 0 Å². The van der Waals surface area contributed by atoms with Crippen LogP contribution in [-0.2, 0) is 0 Å². The van der Waals surface area contributed by atoms with Gasteiger partial charge in [0.05, 0.1) is 0 Å². The molecule has 1 N–H and O–H groups in total. The average Bonchev–Trinajstić information content (AvgIpc) is 2.58. The van der Waals surface area contributed by atoms with Crippen LogP contribution < -0.4 is 10.3 Å². The molecule has 1 aromatic carbocycles. The van der Waals surface area contributed by atoms with Crippen LogP contribution in [0.5, 0.6) is 0 Å². The summed E-state index contributed by atoms with van der Waals surface area (Å²) in [5.74, 6) is 2.57. The summed E-state index contributed by atoms with van der Waals surface area (Å²) in [4.78, 5) is 14.5. The van der Waals surface area contributed by atoms with Crippen LogP contribution in [0.1, 0.15) is 55.8 Å². The molecule has 4 aliphatic carbocycles. The number of hydrogen-bond acceptors (Lipinski definition) is 3. The molecule has 0 aliphatic heterocycles. The van der Waals surface area contributed by atoms with Gasteiger partial charge in [-0.1, -0.05) is 0 Å². The second-order valence-electron chi connectivity index (χ2n) is 8.78. The largest absolute Gasteiger partial charge is 0.378 e. The van der Waals surface area contributed by atoms with Crippen molar-refractivity contribution in [3.8, 4) is 0 Å². The van der Waals surface area contributed by atoms with E-state index in [-0.39, 0.29) is 11.3 Å². The smallest absolute Gasteiger partial charge is 0.271 e. The van der Waals surface area contributed by atoms with E-state index < -0.39 is 0 Å². The first-order valence-corrected chi connectivity index (χ1v) is 9.58. The fourth-order valence-corrected chi connectivity index (χ4v) is 5.78. The fourth-order valence-electron chi connectivity index (χ4n) is 5.78. The van der Waals surface area contributed by atoms with E-state index in [1.165, 1.54) is 38.5 Å². The number of rotatable bonds is 4. The first-order chi connectivity index (χ1) is 11.9. The van der Waals surface area contributed by atoms with E-state index in [1.807, 2.05) is 43.3 Å². The highest BCUT2D eigenvalue weighted by Gasteiger charge is 2.52. The number of nitrogens with zero attached hydrogens (tertiary/aromatic N) is 2. The lowest BCUT2D eigenvalue weighted by atomic mass is 9.48. The molecule has 5 rings (SSSR count). The average molecular weight is 339 g/mol. The summed E-state index contributed by atoms with van der Waals surface area (Å²) in [6.45, 7) is 2.13. The number of carbonyl (C=O) groups is 1. The Hall–Kier alpha value is -1.84. The van der Waals surface area contributed by atoms with E-state index >= 15 is 0 Å². The Morgan fingerprint density at radius 3 is 2.04 bits per heavy atom. The normalized spacial score (nSPS) is 33.4. The van der Waals surface area contributed by atoms with Crippen LogP contribution in [0.3, 0.4) is 0 Å². The minimum absolute atomic E-state index is 0.116. The Morgan fingerprint density at radius 2 is 1.56 bits per heavy atom. The molecule has 4 saturated carbocycles. The molecule has 1 aromatic rings. The Labute approximate surface area is 150 Å². The van der Waals surface area contributed by atoms with Crippen molar-refractivity contribution < 1.29 is 4.79 Å². The third kappa shape index (κ3) is 3.07. The van der Waals surface area contributed by atoms with Gasteiger partial charge < -0.3 is 4.90 Å². The van der Waals surface area contributed by atoms with Crippen LogP contribution in [0.15, 0.2) is 29.4 Å². The van der Waals surface area contributed by atoms with Crippen LogP contribution >= 0.6 is 0 Å². The van der Waals surface area contributed by atoms with Crippen LogP contribution in [0, 0.1) is 23.2 Å². The number of hydrogen-bond donors (Lipinski definition) is 1. The van der Waals surface area contributed by atoms with Crippen molar-refractivity contribution in [2.24, 2.45) is 28.3 Å². The van der Waals surface area contributed by atoms with Gasteiger partial charge in [0.15, 0.2) is 0 Å². The van der Waals surface area contributed by atoms with E-state index in [0.29, 0.717) is 5.56 Å². The van der Waals surface area contributed by atoms with Gasteiger partial charge in [-0.15, -0.1) is 0 Å². The maximum absolute atomic E-state index is 12.4. The molecule has 25 heavy (non-hydrogen) atoms. The molecule has 0 aromatic heterocycles. The zero-order chi connectivity index (χ0) is 17.6. The quantitative estimate of drug-likeness (QED) is 0.664. The highest BCUT2D eigenvalue weighted by molar-refractivity contribution is 5.96. The Balaban J connectivity index is 1.45. The lowest BCUT2D eigenvalue weighted by Gasteiger charge is -2.56. The molecule has 1 amide bonds. The van der Waals surface area contributed by atoms with Gasteiger partial charge in [0.1, 0.15) is 0 Å². The van der Waals surface area contributed by atoms with Gasteiger partial charge in [-0.05, 0) is 87.5 Å². The summed E-state index contributed by atoms with van der Waals surface area (Å²) in [6, 6.07) is 7.65. The maximum atomic E-state index is 12.4. The molecule has 0 atom stereocenters. The molecule has 4 bridgehead atoms. The number of benzene rings is 1. The molecule has 4 nitrogen and oxygen atoms in total. The van der Waals surface area contributed by atoms with Crippen molar-refractivity contribution in [1.29, 1.82) is 0 Å². The molecular weight excluding hydrogens is 310 g/mol.